The maximum Gasteiger partial charge on any atom is 0.338 e. The van der Waals surface area contributed by atoms with Crippen molar-refractivity contribution >= 4 is 34.8 Å². The van der Waals surface area contributed by atoms with Crippen LogP contribution in [0.25, 0.3) is 0 Å². The van der Waals surface area contributed by atoms with Crippen molar-refractivity contribution in [2.24, 2.45) is 5.92 Å². The van der Waals surface area contributed by atoms with E-state index in [2.05, 4.69) is 5.32 Å². The minimum Gasteiger partial charge on any atom is -0.462 e. The van der Waals surface area contributed by atoms with Gasteiger partial charge in [-0.15, -0.1) is 0 Å². The molecule has 2 aromatic rings. The summed E-state index contributed by atoms with van der Waals surface area (Å²) in [7, 11) is 0. The Balaban J connectivity index is 1.65. The van der Waals surface area contributed by atoms with Gasteiger partial charge in [0.1, 0.15) is 0 Å². The van der Waals surface area contributed by atoms with Crippen molar-refractivity contribution in [3.8, 4) is 0 Å². The quantitative estimate of drug-likeness (QED) is 0.412. The van der Waals surface area contributed by atoms with Crippen molar-refractivity contribution in [3.63, 3.8) is 0 Å². The van der Waals surface area contributed by atoms with Gasteiger partial charge in [0.25, 0.3) is 5.69 Å². The highest BCUT2D eigenvalue weighted by Gasteiger charge is 2.35. The lowest BCUT2D eigenvalue weighted by Gasteiger charge is -2.17. The second-order valence-electron chi connectivity index (χ2n) is 7.34. The van der Waals surface area contributed by atoms with Crippen LogP contribution in [0.4, 0.5) is 17.1 Å². The number of benzene rings is 2. The van der Waals surface area contributed by atoms with E-state index in [9.17, 15) is 24.5 Å². The van der Waals surface area contributed by atoms with Gasteiger partial charge in [-0.25, -0.2) is 4.79 Å². The SMILES string of the molecule is CCCOC(=O)c1ccc(NC(=O)[C@@H]2CC(=O)N(c3ccc(C)c([N+](=O)[O-])c3)C2)cc1. The normalized spacial score (nSPS) is 15.6. The molecular weight excluding hydrogens is 402 g/mol. The first kappa shape index (κ1) is 21.9. The van der Waals surface area contributed by atoms with Crippen molar-refractivity contribution in [2.75, 3.05) is 23.4 Å². The van der Waals surface area contributed by atoms with Crippen molar-refractivity contribution in [1.82, 2.24) is 0 Å². The summed E-state index contributed by atoms with van der Waals surface area (Å²) in [5.74, 6) is -1.63. The van der Waals surface area contributed by atoms with E-state index in [1.54, 1.807) is 43.3 Å². The largest absolute Gasteiger partial charge is 0.462 e. The van der Waals surface area contributed by atoms with Crippen molar-refractivity contribution < 1.29 is 24.0 Å². The molecule has 0 aliphatic carbocycles. The van der Waals surface area contributed by atoms with E-state index < -0.39 is 16.8 Å². The molecule has 0 aromatic heterocycles. The van der Waals surface area contributed by atoms with Gasteiger partial charge in [-0.05, 0) is 43.7 Å². The number of aryl methyl sites for hydroxylation is 1. The van der Waals surface area contributed by atoms with E-state index in [-0.39, 0.29) is 30.5 Å². The molecular formula is C22H23N3O6. The van der Waals surface area contributed by atoms with Crippen LogP contribution in [0, 0.1) is 23.0 Å². The zero-order valence-corrected chi connectivity index (χ0v) is 17.3. The highest BCUT2D eigenvalue weighted by molar-refractivity contribution is 6.03. The molecule has 9 heteroatoms. The average molecular weight is 425 g/mol. The maximum absolute atomic E-state index is 12.6. The maximum atomic E-state index is 12.6. The summed E-state index contributed by atoms with van der Waals surface area (Å²) >= 11 is 0. The molecule has 1 atom stereocenters. The van der Waals surface area contributed by atoms with E-state index in [0.29, 0.717) is 29.1 Å². The van der Waals surface area contributed by atoms with Crippen molar-refractivity contribution in [3.05, 3.63) is 63.7 Å². The summed E-state index contributed by atoms with van der Waals surface area (Å²) in [5.41, 5.74) is 1.70. The van der Waals surface area contributed by atoms with Crippen LogP contribution in [-0.4, -0.2) is 35.9 Å². The number of ether oxygens (including phenoxy) is 1. The predicted molar refractivity (Wildman–Crippen MR) is 114 cm³/mol. The number of rotatable bonds is 7. The summed E-state index contributed by atoms with van der Waals surface area (Å²) < 4.78 is 5.06. The van der Waals surface area contributed by atoms with Gasteiger partial charge in [-0.1, -0.05) is 13.0 Å². The summed E-state index contributed by atoms with van der Waals surface area (Å²) in [5, 5.41) is 13.9. The zero-order valence-electron chi connectivity index (χ0n) is 17.3. The van der Waals surface area contributed by atoms with E-state index >= 15 is 0 Å². The number of nitrogens with one attached hydrogen (secondary N) is 1. The summed E-state index contributed by atoms with van der Waals surface area (Å²) in [6.45, 7) is 4.00. The predicted octanol–water partition coefficient (Wildman–Crippen LogP) is 3.46. The molecule has 3 rings (SSSR count). The van der Waals surface area contributed by atoms with Crippen molar-refractivity contribution in [2.45, 2.75) is 26.7 Å². The number of anilines is 2. The highest BCUT2D eigenvalue weighted by Crippen LogP contribution is 2.30. The Hall–Kier alpha value is -3.75. The number of carbonyl (C=O) groups excluding carboxylic acids is 3. The molecule has 162 valence electrons. The molecule has 1 saturated heterocycles. The fraction of sp³-hybridized carbons (Fsp3) is 0.318. The molecule has 9 nitrogen and oxygen atoms in total. The smallest absolute Gasteiger partial charge is 0.338 e. The lowest BCUT2D eigenvalue weighted by atomic mass is 10.1. The van der Waals surface area contributed by atoms with Crippen molar-refractivity contribution in [1.29, 1.82) is 0 Å². The topological polar surface area (TPSA) is 119 Å². The molecule has 0 saturated carbocycles. The molecule has 1 aliphatic rings. The van der Waals surface area contributed by atoms with E-state index in [0.717, 1.165) is 6.42 Å². The van der Waals surface area contributed by atoms with Crippen LogP contribution in [0.2, 0.25) is 0 Å². The third-order valence-electron chi connectivity index (χ3n) is 5.02. The van der Waals surface area contributed by atoms with Gasteiger partial charge in [0, 0.05) is 30.3 Å². The number of nitro groups is 1. The molecule has 1 aliphatic heterocycles. The lowest BCUT2D eigenvalue weighted by molar-refractivity contribution is -0.385. The van der Waals surface area contributed by atoms with Crippen LogP contribution < -0.4 is 10.2 Å². The number of hydrogen-bond acceptors (Lipinski definition) is 6. The lowest BCUT2D eigenvalue weighted by Crippen LogP contribution is -2.28. The monoisotopic (exact) mass is 425 g/mol. The van der Waals surface area contributed by atoms with Gasteiger partial charge in [0.15, 0.2) is 0 Å². The molecule has 1 heterocycles. The molecule has 2 aromatic carbocycles. The number of esters is 1. The third-order valence-corrected chi connectivity index (χ3v) is 5.02. The van der Waals surface area contributed by atoms with Gasteiger partial charge in [0.05, 0.1) is 28.7 Å². The van der Waals surface area contributed by atoms with Crippen LogP contribution in [-0.2, 0) is 14.3 Å². The summed E-state index contributed by atoms with van der Waals surface area (Å²) in [6, 6.07) is 10.9. The molecule has 0 spiro atoms. The van der Waals surface area contributed by atoms with Crippen LogP contribution in [0.1, 0.15) is 35.7 Å². The Morgan fingerprint density at radius 1 is 1.23 bits per heavy atom. The summed E-state index contributed by atoms with van der Waals surface area (Å²) in [6.07, 6.45) is 0.738. The number of hydrogen-bond donors (Lipinski definition) is 1. The Labute approximate surface area is 179 Å². The van der Waals surface area contributed by atoms with Gasteiger partial charge in [-0.2, -0.15) is 0 Å². The number of nitro benzene ring substituents is 1. The minimum absolute atomic E-state index is 0.00886. The third kappa shape index (κ3) is 5.06. The first-order chi connectivity index (χ1) is 14.8. The standard InChI is InChI=1S/C22H23N3O6/c1-3-10-31-22(28)15-5-7-17(8-6-15)23-21(27)16-11-20(26)24(13-16)18-9-4-14(2)19(12-18)25(29)30/h4-9,12,16H,3,10-11,13H2,1-2H3,(H,23,27)/t16-/m1/s1. The molecule has 0 radical (unpaired) electrons. The molecule has 1 fully saturated rings. The van der Waals surface area contributed by atoms with Crippen LogP contribution >= 0.6 is 0 Å². The van der Waals surface area contributed by atoms with Gasteiger partial charge < -0.3 is 15.0 Å². The van der Waals surface area contributed by atoms with E-state index in [1.807, 2.05) is 6.92 Å². The summed E-state index contributed by atoms with van der Waals surface area (Å²) in [4.78, 5) is 49.0. The number of nitrogens with zero attached hydrogens (tertiary/aromatic N) is 2. The van der Waals surface area contributed by atoms with Crippen LogP contribution in [0.5, 0.6) is 0 Å². The van der Waals surface area contributed by atoms with Gasteiger partial charge >= 0.3 is 5.97 Å². The second kappa shape index (κ2) is 9.38. The Morgan fingerprint density at radius 2 is 1.94 bits per heavy atom. The fourth-order valence-electron chi connectivity index (χ4n) is 3.31. The highest BCUT2D eigenvalue weighted by atomic mass is 16.6. The Kier molecular flexibility index (Phi) is 6.64. The molecule has 1 N–H and O–H groups in total. The molecule has 0 unspecified atom stereocenters. The Morgan fingerprint density at radius 3 is 2.58 bits per heavy atom. The zero-order chi connectivity index (χ0) is 22.5. The Bertz CT molecular complexity index is 1020. The van der Waals surface area contributed by atoms with Crippen LogP contribution in [0.3, 0.4) is 0 Å². The number of carbonyl (C=O) groups is 3. The number of amides is 2. The average Bonchev–Trinajstić information content (AvgIpc) is 3.14. The first-order valence-corrected chi connectivity index (χ1v) is 9.93. The van der Waals surface area contributed by atoms with Gasteiger partial charge in [-0.3, -0.25) is 19.7 Å². The molecule has 31 heavy (non-hydrogen) atoms. The van der Waals surface area contributed by atoms with E-state index in [1.165, 1.54) is 11.0 Å². The second-order valence-corrected chi connectivity index (χ2v) is 7.34. The van der Waals surface area contributed by atoms with E-state index in [4.69, 9.17) is 4.74 Å². The minimum atomic E-state index is -0.595. The first-order valence-electron chi connectivity index (χ1n) is 9.93. The molecule has 0 bridgehead atoms. The molecule has 2 amide bonds. The fourth-order valence-corrected chi connectivity index (χ4v) is 3.31. The van der Waals surface area contributed by atoms with Gasteiger partial charge in [0.2, 0.25) is 11.8 Å². The van der Waals surface area contributed by atoms with Crippen LogP contribution in [0.15, 0.2) is 42.5 Å².